The van der Waals surface area contributed by atoms with Crippen LogP contribution < -0.4 is 10.1 Å². The normalized spacial score (nSPS) is 11.7. The van der Waals surface area contributed by atoms with Crippen molar-refractivity contribution >= 4 is 55.5 Å². The summed E-state index contributed by atoms with van der Waals surface area (Å²) in [5.41, 5.74) is 0.903. The lowest BCUT2D eigenvalue weighted by Gasteiger charge is -2.13. The summed E-state index contributed by atoms with van der Waals surface area (Å²) in [6, 6.07) is 18.2. The topological polar surface area (TPSA) is 138 Å². The number of anilines is 1. The minimum absolute atomic E-state index is 0.0297. The Balaban J connectivity index is 1.78. The van der Waals surface area contributed by atoms with Gasteiger partial charge in [0.05, 0.1) is 28.6 Å². The molecule has 0 aliphatic rings. The highest BCUT2D eigenvalue weighted by atomic mass is 35.5. The number of benzene rings is 4. The van der Waals surface area contributed by atoms with Gasteiger partial charge >= 0.3 is 0 Å². The Labute approximate surface area is 224 Å². The van der Waals surface area contributed by atoms with Crippen molar-refractivity contribution < 1.29 is 27.6 Å². The molecule has 3 N–H and O–H groups in total. The molecule has 0 fully saturated rings. The second-order valence-corrected chi connectivity index (χ2v) is 9.94. The van der Waals surface area contributed by atoms with E-state index in [0.29, 0.717) is 28.8 Å². The zero-order chi connectivity index (χ0) is 27.4. The molecule has 0 aromatic heterocycles. The first-order valence-electron chi connectivity index (χ1n) is 11.6. The molecule has 0 aliphatic heterocycles. The van der Waals surface area contributed by atoms with Crippen molar-refractivity contribution in [2.45, 2.75) is 25.2 Å². The third kappa shape index (κ3) is 5.62. The summed E-state index contributed by atoms with van der Waals surface area (Å²) in [6.45, 7) is 3.94. The molecule has 196 valence electrons. The molecule has 38 heavy (non-hydrogen) atoms. The molecule has 4 aromatic rings. The number of nitrogens with zero attached hydrogens (tertiary/aromatic N) is 2. The van der Waals surface area contributed by atoms with E-state index >= 15 is 0 Å². The Hall–Kier alpha value is -3.99. The molecule has 11 heteroatoms. The van der Waals surface area contributed by atoms with Crippen molar-refractivity contribution in [3.63, 3.8) is 0 Å². The van der Waals surface area contributed by atoms with Gasteiger partial charge in [0.25, 0.3) is 16.0 Å². The lowest BCUT2D eigenvalue weighted by molar-refractivity contribution is 0.102. The van der Waals surface area contributed by atoms with Crippen molar-refractivity contribution in [1.29, 1.82) is 0 Å². The number of hydrogen-bond donors (Lipinski definition) is 3. The van der Waals surface area contributed by atoms with E-state index < -0.39 is 21.8 Å². The highest BCUT2D eigenvalue weighted by Gasteiger charge is 2.21. The third-order valence-corrected chi connectivity index (χ3v) is 7.09. The molecule has 0 spiro atoms. The van der Waals surface area contributed by atoms with Crippen LogP contribution in [0.5, 0.6) is 11.5 Å². The van der Waals surface area contributed by atoms with E-state index in [1.807, 2.05) is 6.92 Å². The first kappa shape index (κ1) is 27.1. The number of amides is 1. The van der Waals surface area contributed by atoms with Crippen molar-refractivity contribution in [1.82, 2.24) is 0 Å². The number of azo groups is 1. The van der Waals surface area contributed by atoms with E-state index in [1.54, 1.807) is 61.5 Å². The summed E-state index contributed by atoms with van der Waals surface area (Å²) >= 11 is 6.13. The van der Waals surface area contributed by atoms with Crippen LogP contribution in [0.2, 0.25) is 5.02 Å². The summed E-state index contributed by atoms with van der Waals surface area (Å²) in [6.07, 6.45) is 0.255. The van der Waals surface area contributed by atoms with Gasteiger partial charge in [-0.25, -0.2) is 0 Å². The van der Waals surface area contributed by atoms with Crippen LogP contribution in [0.1, 0.15) is 29.8 Å². The molecule has 4 aromatic carbocycles. The summed E-state index contributed by atoms with van der Waals surface area (Å²) in [5.74, 6) is -0.485. The maximum absolute atomic E-state index is 13.2. The number of aromatic hydroxyl groups is 1. The summed E-state index contributed by atoms with van der Waals surface area (Å²) in [7, 11) is -4.54. The Morgan fingerprint density at radius 1 is 1.03 bits per heavy atom. The predicted molar refractivity (Wildman–Crippen MR) is 146 cm³/mol. The molecule has 0 heterocycles. The molecular formula is C27H24ClN3O6S. The molecule has 4 rings (SSSR count). The maximum Gasteiger partial charge on any atom is 0.296 e. The first-order chi connectivity index (χ1) is 18.1. The fourth-order valence-electron chi connectivity index (χ4n) is 3.98. The van der Waals surface area contributed by atoms with Gasteiger partial charge in [0.2, 0.25) is 0 Å². The first-order valence-corrected chi connectivity index (χ1v) is 13.4. The number of carbonyl (C=O) groups is 1. The quantitative estimate of drug-likeness (QED) is 0.157. The molecular weight excluding hydrogens is 530 g/mol. The Bertz CT molecular complexity index is 1670. The molecule has 0 saturated heterocycles. The van der Waals surface area contributed by atoms with Crippen LogP contribution in [-0.4, -0.2) is 30.6 Å². The van der Waals surface area contributed by atoms with E-state index in [2.05, 4.69) is 15.5 Å². The zero-order valence-corrected chi connectivity index (χ0v) is 22.0. The van der Waals surface area contributed by atoms with Crippen molar-refractivity contribution in [3.05, 3.63) is 82.9 Å². The summed E-state index contributed by atoms with van der Waals surface area (Å²) in [5, 5.41) is 23.2. The number of halogens is 1. The van der Waals surface area contributed by atoms with Gasteiger partial charge < -0.3 is 15.2 Å². The molecule has 0 radical (unpaired) electrons. The number of fused-ring (bicyclic) bond motifs is 1. The van der Waals surface area contributed by atoms with Gasteiger partial charge in [-0.2, -0.15) is 13.5 Å². The highest BCUT2D eigenvalue weighted by Crippen LogP contribution is 2.40. The maximum atomic E-state index is 13.2. The fraction of sp³-hybridized carbons (Fsp3) is 0.148. The lowest BCUT2D eigenvalue weighted by atomic mass is 10.0. The van der Waals surface area contributed by atoms with E-state index in [0.717, 1.165) is 0 Å². The van der Waals surface area contributed by atoms with Gasteiger partial charge in [0.15, 0.2) is 5.75 Å². The minimum Gasteiger partial charge on any atom is -0.505 e. The van der Waals surface area contributed by atoms with Gasteiger partial charge in [0, 0.05) is 5.39 Å². The summed E-state index contributed by atoms with van der Waals surface area (Å²) < 4.78 is 38.6. The van der Waals surface area contributed by atoms with Crippen LogP contribution in [0, 0.1) is 0 Å². The van der Waals surface area contributed by atoms with Gasteiger partial charge in [0.1, 0.15) is 16.3 Å². The number of ether oxygens (including phenoxy) is 1. The standard InChI is InChI=1S/C27H24ClN3O6S/c1-3-16-13-18(15-21(28)26(16)38(34,35)36)30-31-24-19-10-6-5-9-17(19)14-20(25(24)32)27(33)29-22-11-7-8-12-23(22)37-4-2/h5-15,32H,3-4H2,1-2H3,(H,29,33)(H,34,35,36). The molecule has 0 saturated carbocycles. The van der Waals surface area contributed by atoms with Gasteiger partial charge in [-0.15, -0.1) is 5.11 Å². The van der Waals surface area contributed by atoms with Crippen LogP contribution in [0.3, 0.4) is 0 Å². The van der Waals surface area contributed by atoms with Gasteiger partial charge in [-0.05, 0) is 54.6 Å². The number of phenols is 1. The van der Waals surface area contributed by atoms with Crippen LogP contribution in [-0.2, 0) is 16.5 Å². The molecule has 9 nitrogen and oxygen atoms in total. The van der Waals surface area contributed by atoms with E-state index in [4.69, 9.17) is 16.3 Å². The average molecular weight is 554 g/mol. The Morgan fingerprint density at radius 3 is 2.45 bits per heavy atom. The van der Waals surface area contributed by atoms with Gasteiger partial charge in [-0.1, -0.05) is 54.9 Å². The molecule has 0 atom stereocenters. The number of carbonyl (C=O) groups excluding carboxylic acids is 1. The average Bonchev–Trinajstić information content (AvgIpc) is 2.87. The van der Waals surface area contributed by atoms with Crippen LogP contribution in [0.25, 0.3) is 10.8 Å². The second-order valence-electron chi connectivity index (χ2n) is 8.17. The molecule has 1 amide bonds. The number of aryl methyl sites for hydroxylation is 1. The van der Waals surface area contributed by atoms with E-state index in [1.165, 1.54) is 12.1 Å². The zero-order valence-electron chi connectivity index (χ0n) is 20.5. The molecule has 0 unspecified atom stereocenters. The van der Waals surface area contributed by atoms with E-state index in [-0.39, 0.29) is 38.8 Å². The monoisotopic (exact) mass is 553 g/mol. The number of nitrogens with one attached hydrogen (secondary N) is 1. The van der Waals surface area contributed by atoms with E-state index in [9.17, 15) is 22.9 Å². The van der Waals surface area contributed by atoms with Crippen LogP contribution in [0.15, 0.2) is 81.9 Å². The minimum atomic E-state index is -4.54. The molecule has 0 bridgehead atoms. The van der Waals surface area contributed by atoms with Crippen LogP contribution >= 0.6 is 11.6 Å². The van der Waals surface area contributed by atoms with Crippen molar-refractivity contribution in [2.75, 3.05) is 11.9 Å². The Kier molecular flexibility index (Phi) is 7.96. The number of para-hydroxylation sites is 2. The summed E-state index contributed by atoms with van der Waals surface area (Å²) in [4.78, 5) is 12.8. The Morgan fingerprint density at radius 2 is 1.74 bits per heavy atom. The van der Waals surface area contributed by atoms with Crippen molar-refractivity contribution in [3.8, 4) is 11.5 Å². The van der Waals surface area contributed by atoms with Gasteiger partial charge in [-0.3, -0.25) is 9.35 Å². The van der Waals surface area contributed by atoms with Crippen LogP contribution in [0.4, 0.5) is 17.1 Å². The predicted octanol–water partition coefficient (Wildman–Crippen LogP) is 7.07. The van der Waals surface area contributed by atoms with Crippen molar-refractivity contribution in [2.24, 2.45) is 10.2 Å². The third-order valence-electron chi connectivity index (χ3n) is 5.68. The highest BCUT2D eigenvalue weighted by molar-refractivity contribution is 7.86. The smallest absolute Gasteiger partial charge is 0.296 e. The fourth-order valence-corrected chi connectivity index (χ4v) is 5.35. The number of rotatable bonds is 8. The lowest BCUT2D eigenvalue weighted by Crippen LogP contribution is -2.13. The number of hydrogen-bond acceptors (Lipinski definition) is 7. The number of phenolic OH excluding ortho intramolecular Hbond substituents is 1. The largest absolute Gasteiger partial charge is 0.505 e. The second kappa shape index (κ2) is 11.2. The SMILES string of the molecule is CCOc1ccccc1NC(=O)c1cc2ccccc2c(N=Nc2cc(Cl)c(S(=O)(=O)O)c(CC)c2)c1O. The molecule has 0 aliphatic carbocycles.